The van der Waals surface area contributed by atoms with E-state index in [1.165, 1.54) is 0 Å². The molecule has 0 bridgehead atoms. The summed E-state index contributed by atoms with van der Waals surface area (Å²) in [4.78, 5) is 23.1. The largest absolute Gasteiger partial charge is 0.478 e. The number of carbonyl (C=O) groups is 1. The average Bonchev–Trinajstić information content (AvgIpc) is 3.43. The van der Waals surface area contributed by atoms with Crippen molar-refractivity contribution in [1.29, 1.82) is 0 Å². The first kappa shape index (κ1) is 15.7. The summed E-state index contributed by atoms with van der Waals surface area (Å²) in [6.07, 6.45) is 4.05. The molecule has 5 rings (SSSR count). The molecule has 134 valence electrons. The lowest BCUT2D eigenvalue weighted by atomic mass is 10.1. The number of nitrogens with one attached hydrogen (secondary N) is 1. The van der Waals surface area contributed by atoms with Crippen molar-refractivity contribution < 1.29 is 9.90 Å². The lowest BCUT2D eigenvalue weighted by molar-refractivity contribution is 0.0697. The van der Waals surface area contributed by atoms with Gasteiger partial charge in [-0.3, -0.25) is 5.10 Å². The third-order valence-corrected chi connectivity index (χ3v) is 5.04. The van der Waals surface area contributed by atoms with Crippen LogP contribution in [-0.4, -0.2) is 44.3 Å². The summed E-state index contributed by atoms with van der Waals surface area (Å²) in [5, 5.41) is 17.3. The Morgan fingerprint density at radius 3 is 2.78 bits per heavy atom. The number of nitrogens with zero attached hydrogens (tertiary/aromatic N) is 4. The van der Waals surface area contributed by atoms with Crippen LogP contribution >= 0.6 is 0 Å². The van der Waals surface area contributed by atoms with Gasteiger partial charge in [-0.2, -0.15) is 5.10 Å². The fourth-order valence-electron chi connectivity index (χ4n) is 3.34. The normalized spacial score (nSPS) is 14.0. The summed E-state index contributed by atoms with van der Waals surface area (Å²) < 4.78 is 0. The van der Waals surface area contributed by atoms with Gasteiger partial charge in [0.1, 0.15) is 5.69 Å². The minimum atomic E-state index is -0.967. The Hall–Kier alpha value is -3.48. The smallest absolute Gasteiger partial charge is 0.335 e. The Morgan fingerprint density at radius 2 is 2.00 bits per heavy atom. The number of fused-ring (bicyclic) bond motifs is 2. The fourth-order valence-corrected chi connectivity index (χ4v) is 3.34. The summed E-state index contributed by atoms with van der Waals surface area (Å²) >= 11 is 0. The number of carboxylic acid groups (broad SMARTS) is 1. The predicted molar refractivity (Wildman–Crippen MR) is 103 cm³/mol. The van der Waals surface area contributed by atoms with E-state index in [0.29, 0.717) is 17.1 Å². The topological polar surface area (TPSA) is 95.0 Å². The molecule has 0 radical (unpaired) electrons. The van der Waals surface area contributed by atoms with Crippen LogP contribution in [0.2, 0.25) is 0 Å². The molecule has 0 amide bonds. The van der Waals surface area contributed by atoms with Gasteiger partial charge >= 0.3 is 5.97 Å². The van der Waals surface area contributed by atoms with Gasteiger partial charge in [-0.05, 0) is 43.2 Å². The molecule has 2 heterocycles. The molecule has 1 aliphatic carbocycles. The molecule has 2 aromatic heterocycles. The maximum absolute atomic E-state index is 11.3. The number of aromatic amines is 1. The van der Waals surface area contributed by atoms with Crippen LogP contribution in [0.15, 0.2) is 42.6 Å². The molecule has 4 aromatic rings. The summed E-state index contributed by atoms with van der Waals surface area (Å²) in [5.74, 6) is -0.194. The number of carboxylic acids is 1. The van der Waals surface area contributed by atoms with Crippen molar-refractivity contribution in [3.05, 3.63) is 48.2 Å². The zero-order valence-electron chi connectivity index (χ0n) is 14.7. The molecule has 0 spiro atoms. The van der Waals surface area contributed by atoms with Crippen LogP contribution in [0, 0.1) is 0 Å². The first-order valence-electron chi connectivity index (χ1n) is 8.81. The molecule has 0 aliphatic heterocycles. The van der Waals surface area contributed by atoms with Gasteiger partial charge in [-0.15, -0.1) is 0 Å². The number of aromatic carboxylic acids is 1. The van der Waals surface area contributed by atoms with E-state index in [1.54, 1.807) is 24.4 Å². The van der Waals surface area contributed by atoms with E-state index >= 15 is 0 Å². The van der Waals surface area contributed by atoms with E-state index in [4.69, 9.17) is 9.97 Å². The van der Waals surface area contributed by atoms with Crippen LogP contribution in [0.5, 0.6) is 0 Å². The molecule has 0 unspecified atom stereocenters. The Morgan fingerprint density at radius 1 is 1.15 bits per heavy atom. The fraction of sp³-hybridized carbons (Fsp3) is 0.200. The van der Waals surface area contributed by atoms with Gasteiger partial charge in [0.2, 0.25) is 0 Å². The van der Waals surface area contributed by atoms with E-state index in [9.17, 15) is 9.90 Å². The van der Waals surface area contributed by atoms with Gasteiger partial charge in [-0.25, -0.2) is 14.8 Å². The number of rotatable bonds is 4. The maximum Gasteiger partial charge on any atom is 0.335 e. The monoisotopic (exact) mass is 359 g/mol. The first-order valence-corrected chi connectivity index (χ1v) is 8.81. The first-order chi connectivity index (χ1) is 13.1. The highest BCUT2D eigenvalue weighted by Crippen LogP contribution is 2.36. The quantitative estimate of drug-likeness (QED) is 0.579. The third kappa shape index (κ3) is 2.68. The minimum absolute atomic E-state index is 0.212. The number of benzene rings is 2. The summed E-state index contributed by atoms with van der Waals surface area (Å²) in [6, 6.07) is 11.3. The number of hydrogen-bond acceptors (Lipinski definition) is 5. The molecule has 1 aliphatic rings. The lowest BCUT2D eigenvalue weighted by Crippen LogP contribution is -2.22. The van der Waals surface area contributed by atoms with Crippen LogP contribution in [0.1, 0.15) is 23.2 Å². The summed E-state index contributed by atoms with van der Waals surface area (Å²) in [5.41, 5.74) is 4.20. The van der Waals surface area contributed by atoms with E-state index in [2.05, 4.69) is 15.1 Å². The van der Waals surface area contributed by atoms with Crippen molar-refractivity contribution in [3.8, 4) is 11.3 Å². The number of anilines is 1. The molecule has 2 N–H and O–H groups in total. The zero-order chi connectivity index (χ0) is 18.5. The van der Waals surface area contributed by atoms with Crippen LogP contribution in [0.4, 0.5) is 5.82 Å². The molecule has 0 atom stereocenters. The van der Waals surface area contributed by atoms with Crippen molar-refractivity contribution in [1.82, 2.24) is 20.2 Å². The molecule has 7 nitrogen and oxygen atoms in total. The Bertz CT molecular complexity index is 1200. The van der Waals surface area contributed by atoms with Crippen LogP contribution < -0.4 is 4.90 Å². The van der Waals surface area contributed by atoms with Crippen LogP contribution in [0.3, 0.4) is 0 Å². The van der Waals surface area contributed by atoms with Crippen molar-refractivity contribution in [2.45, 2.75) is 18.9 Å². The van der Waals surface area contributed by atoms with Gasteiger partial charge in [-0.1, -0.05) is 6.07 Å². The molecule has 7 heteroatoms. The predicted octanol–water partition coefficient (Wildman–Crippen LogP) is 3.47. The average molecular weight is 359 g/mol. The van der Waals surface area contributed by atoms with Crippen LogP contribution in [-0.2, 0) is 0 Å². The second-order valence-corrected chi connectivity index (χ2v) is 6.92. The van der Waals surface area contributed by atoms with E-state index < -0.39 is 5.97 Å². The van der Waals surface area contributed by atoms with Gasteiger partial charge in [0.05, 0.1) is 28.3 Å². The highest BCUT2D eigenvalue weighted by atomic mass is 16.4. The molecular formula is C20H17N5O2. The molecule has 1 saturated carbocycles. The van der Waals surface area contributed by atoms with Gasteiger partial charge in [0.15, 0.2) is 5.82 Å². The molecule has 2 aromatic carbocycles. The molecule has 1 fully saturated rings. The Labute approximate surface area is 154 Å². The van der Waals surface area contributed by atoms with E-state index in [1.807, 2.05) is 25.2 Å². The minimum Gasteiger partial charge on any atom is -0.478 e. The molecule has 27 heavy (non-hydrogen) atoms. The number of aromatic nitrogens is 4. The van der Waals surface area contributed by atoms with Gasteiger partial charge < -0.3 is 10.0 Å². The third-order valence-electron chi connectivity index (χ3n) is 5.04. The standard InChI is InChI=1S/C20H17N5O2/c1-25(14-4-5-14)19-18(11-2-6-15-13(8-11)10-21-24-15)22-16-7-3-12(20(26)27)9-17(16)23-19/h2-3,6-10,14H,4-5H2,1H3,(H,21,24)(H,26,27). The molecule has 0 saturated heterocycles. The van der Waals surface area contributed by atoms with Crippen molar-refractivity contribution in [3.63, 3.8) is 0 Å². The SMILES string of the molecule is CN(c1nc2cc(C(=O)O)ccc2nc1-c1ccc2[nH]ncc2c1)C1CC1. The Kier molecular flexibility index (Phi) is 3.36. The van der Waals surface area contributed by atoms with Gasteiger partial charge in [0, 0.05) is 24.0 Å². The van der Waals surface area contributed by atoms with Crippen molar-refractivity contribution >= 4 is 33.7 Å². The van der Waals surface area contributed by atoms with E-state index in [-0.39, 0.29) is 5.56 Å². The second kappa shape index (κ2) is 5.77. The lowest BCUT2D eigenvalue weighted by Gasteiger charge is -2.21. The zero-order valence-corrected chi connectivity index (χ0v) is 14.7. The maximum atomic E-state index is 11.3. The van der Waals surface area contributed by atoms with Crippen molar-refractivity contribution in [2.75, 3.05) is 11.9 Å². The number of H-pyrrole nitrogens is 1. The summed E-state index contributed by atoms with van der Waals surface area (Å²) in [6.45, 7) is 0. The highest BCUT2D eigenvalue weighted by Gasteiger charge is 2.29. The Balaban J connectivity index is 1.74. The second-order valence-electron chi connectivity index (χ2n) is 6.92. The van der Waals surface area contributed by atoms with Crippen molar-refractivity contribution in [2.24, 2.45) is 0 Å². The van der Waals surface area contributed by atoms with E-state index in [0.717, 1.165) is 40.8 Å². The highest BCUT2D eigenvalue weighted by molar-refractivity contribution is 5.94. The number of hydrogen-bond donors (Lipinski definition) is 2. The van der Waals surface area contributed by atoms with Crippen LogP contribution in [0.25, 0.3) is 33.2 Å². The summed E-state index contributed by atoms with van der Waals surface area (Å²) in [7, 11) is 2.02. The van der Waals surface area contributed by atoms with Gasteiger partial charge in [0.25, 0.3) is 0 Å². The molecular weight excluding hydrogens is 342 g/mol.